The Balaban J connectivity index is 1.61. The molecule has 2 heteroatoms. The Morgan fingerprint density at radius 1 is 0.420 bits per heavy atom. The van der Waals surface area contributed by atoms with E-state index in [2.05, 4.69) is 120 Å². The average molecular weight is 799 g/mol. The van der Waals surface area contributed by atoms with Crippen LogP contribution in [0.2, 0.25) is 0 Å². The number of hydrogen-bond donors (Lipinski definition) is 0. The largest absolute Gasteiger partial charge is 0.0654 e. The Bertz CT molecular complexity index is 1720. The van der Waals surface area contributed by atoms with Crippen LogP contribution in [0.5, 0.6) is 0 Å². The Morgan fingerprint density at radius 3 is 1.42 bits per heavy atom. The van der Waals surface area contributed by atoms with Crippen molar-refractivity contribution in [2.45, 2.75) is 167 Å². The summed E-state index contributed by atoms with van der Waals surface area (Å²) in [6.07, 6.45) is 26.0. The van der Waals surface area contributed by atoms with E-state index in [-0.39, 0.29) is 10.8 Å². The zero-order valence-corrected chi connectivity index (χ0v) is 34.8. The fraction of sp³-hybridized carbons (Fsp3) is 0.542. The van der Waals surface area contributed by atoms with E-state index in [0.717, 1.165) is 0 Å². The normalized spacial score (nSPS) is 14.9. The van der Waals surface area contributed by atoms with Gasteiger partial charge in [-0.05, 0) is 111 Å². The molecule has 0 aromatic heterocycles. The summed E-state index contributed by atoms with van der Waals surface area (Å²) >= 11 is 8.05. The molecule has 0 heterocycles. The maximum atomic E-state index is 4.11. The van der Waals surface area contributed by atoms with Gasteiger partial charge in [-0.2, -0.15) is 0 Å². The van der Waals surface area contributed by atoms with Gasteiger partial charge in [0.15, 0.2) is 0 Å². The van der Waals surface area contributed by atoms with Crippen LogP contribution in [0.15, 0.2) is 69.6 Å². The molecule has 0 saturated heterocycles. The van der Waals surface area contributed by atoms with E-state index >= 15 is 0 Å². The lowest BCUT2D eigenvalue weighted by molar-refractivity contribution is 0.397. The van der Waals surface area contributed by atoms with Crippen molar-refractivity contribution in [1.82, 2.24) is 0 Å². The van der Waals surface area contributed by atoms with Crippen LogP contribution >= 0.6 is 31.9 Å². The van der Waals surface area contributed by atoms with Crippen molar-refractivity contribution in [1.29, 1.82) is 0 Å². The van der Waals surface area contributed by atoms with Gasteiger partial charge in [0, 0.05) is 19.8 Å². The van der Waals surface area contributed by atoms with Gasteiger partial charge in [-0.3, -0.25) is 0 Å². The summed E-state index contributed by atoms with van der Waals surface area (Å²) in [6.45, 7) is 9.38. The zero-order valence-electron chi connectivity index (χ0n) is 31.7. The summed E-state index contributed by atoms with van der Waals surface area (Å²) in [7, 11) is 0. The smallest absolute Gasteiger partial charge is 0.0257 e. The lowest BCUT2D eigenvalue weighted by Crippen LogP contribution is -2.27. The van der Waals surface area contributed by atoms with Crippen LogP contribution in [0.25, 0.3) is 33.0 Å². The van der Waals surface area contributed by atoms with E-state index in [0.29, 0.717) is 0 Å². The molecule has 4 aromatic rings. The number of benzene rings is 4. The van der Waals surface area contributed by atoms with Crippen molar-refractivity contribution in [3.05, 3.63) is 91.9 Å². The number of halogens is 2. The van der Waals surface area contributed by atoms with Gasteiger partial charge in [-0.1, -0.05) is 193 Å². The zero-order chi connectivity index (χ0) is 35.1. The highest BCUT2D eigenvalue weighted by Crippen LogP contribution is 2.62. The molecule has 0 amide bonds. The molecule has 0 aliphatic heterocycles. The Kier molecular flexibility index (Phi) is 13.1. The molecule has 0 radical (unpaired) electrons. The predicted octanol–water partition coefficient (Wildman–Crippen LogP) is 16.8. The number of hydrogen-bond acceptors (Lipinski definition) is 0. The van der Waals surface area contributed by atoms with E-state index in [9.17, 15) is 0 Å². The molecule has 2 aliphatic rings. The maximum Gasteiger partial charge on any atom is 0.0257 e. The second kappa shape index (κ2) is 17.3. The quantitative estimate of drug-likeness (QED) is 0.0782. The molecular weight excluding hydrogens is 736 g/mol. The van der Waals surface area contributed by atoms with Crippen molar-refractivity contribution >= 4 is 42.6 Å². The fourth-order valence-electron chi connectivity index (χ4n) is 10.0. The highest BCUT2D eigenvalue weighted by molar-refractivity contribution is 9.11. The minimum Gasteiger partial charge on any atom is -0.0654 e. The predicted molar refractivity (Wildman–Crippen MR) is 227 cm³/mol. The molecule has 50 heavy (non-hydrogen) atoms. The highest BCUT2D eigenvalue weighted by atomic mass is 79.9. The first-order chi connectivity index (χ1) is 24.5. The molecule has 6 rings (SSSR count). The summed E-state index contributed by atoms with van der Waals surface area (Å²) in [6, 6.07) is 24.6. The second-order valence-corrected chi connectivity index (χ2v) is 17.6. The first-order valence-corrected chi connectivity index (χ1v) is 22.3. The van der Waals surface area contributed by atoms with Gasteiger partial charge < -0.3 is 0 Å². The van der Waals surface area contributed by atoms with Crippen molar-refractivity contribution in [3.63, 3.8) is 0 Å². The molecular formula is C48H62Br2. The van der Waals surface area contributed by atoms with Crippen LogP contribution in [-0.2, 0) is 10.8 Å². The third-order valence-corrected chi connectivity index (χ3v) is 13.7. The van der Waals surface area contributed by atoms with Crippen molar-refractivity contribution < 1.29 is 0 Å². The number of fused-ring (bicyclic) bond motifs is 8. The SMILES string of the molecule is CCCCCCC1(CCCCCC)c2ccc(Br)cc2-c2cc3c(cc21)-c1c(cc(Br)c2ccccc12)C3(CCCCCC)CCCCCC. The van der Waals surface area contributed by atoms with E-state index in [1.807, 2.05) is 0 Å². The van der Waals surface area contributed by atoms with Gasteiger partial charge in [-0.25, -0.2) is 0 Å². The number of unbranched alkanes of at least 4 members (excludes halogenated alkanes) is 12. The van der Waals surface area contributed by atoms with E-state index < -0.39 is 0 Å². The minimum atomic E-state index is 0.0490. The third-order valence-electron chi connectivity index (χ3n) is 12.6. The van der Waals surface area contributed by atoms with Gasteiger partial charge in [-0.15, -0.1) is 0 Å². The van der Waals surface area contributed by atoms with E-state index in [1.54, 1.807) is 27.8 Å². The Labute approximate surface area is 321 Å². The van der Waals surface area contributed by atoms with Crippen LogP contribution in [0, 0.1) is 0 Å². The molecule has 0 atom stereocenters. The van der Waals surface area contributed by atoms with Gasteiger partial charge in [0.05, 0.1) is 0 Å². The molecule has 0 spiro atoms. The molecule has 0 nitrogen and oxygen atoms in total. The lowest BCUT2D eigenvalue weighted by Gasteiger charge is -2.35. The summed E-state index contributed by atoms with van der Waals surface area (Å²) in [5.74, 6) is 0. The first kappa shape index (κ1) is 37.8. The van der Waals surface area contributed by atoms with Crippen molar-refractivity contribution in [2.24, 2.45) is 0 Å². The molecule has 2 aliphatic carbocycles. The Hall–Kier alpha value is -1.90. The topological polar surface area (TPSA) is 0 Å². The molecule has 268 valence electrons. The van der Waals surface area contributed by atoms with Crippen LogP contribution in [0.4, 0.5) is 0 Å². The van der Waals surface area contributed by atoms with Gasteiger partial charge >= 0.3 is 0 Å². The second-order valence-electron chi connectivity index (χ2n) is 15.9. The average Bonchev–Trinajstić information content (AvgIpc) is 3.54. The van der Waals surface area contributed by atoms with Crippen LogP contribution in [-0.4, -0.2) is 0 Å². The number of rotatable bonds is 20. The van der Waals surface area contributed by atoms with Crippen molar-refractivity contribution in [2.75, 3.05) is 0 Å². The first-order valence-electron chi connectivity index (χ1n) is 20.7. The monoisotopic (exact) mass is 796 g/mol. The van der Waals surface area contributed by atoms with Crippen molar-refractivity contribution in [3.8, 4) is 22.3 Å². The van der Waals surface area contributed by atoms with Crippen LogP contribution < -0.4 is 0 Å². The molecule has 4 aromatic carbocycles. The summed E-state index contributed by atoms with van der Waals surface area (Å²) in [5.41, 5.74) is 12.7. The van der Waals surface area contributed by atoms with Gasteiger partial charge in [0.25, 0.3) is 0 Å². The summed E-state index contributed by atoms with van der Waals surface area (Å²) < 4.78 is 2.47. The standard InChI is InChI=1S/C48H62Br2/c1-5-9-13-19-27-47(28-20-14-10-6-2)41-26-25-35(49)31-38(41)39-32-43-40(33-42(39)47)46-37-24-18-17-23-36(37)45(50)34-44(46)48(43,29-21-15-11-7-3)30-22-16-12-8-4/h17-18,23-26,31-34H,5-16,19-22,27-30H2,1-4H3. The molecule has 0 N–H and O–H groups in total. The fourth-order valence-corrected chi connectivity index (χ4v) is 10.9. The minimum absolute atomic E-state index is 0.0490. The third kappa shape index (κ3) is 7.20. The van der Waals surface area contributed by atoms with Crippen LogP contribution in [0.3, 0.4) is 0 Å². The van der Waals surface area contributed by atoms with Gasteiger partial charge in [0.1, 0.15) is 0 Å². The van der Waals surface area contributed by atoms with E-state index in [4.69, 9.17) is 0 Å². The Morgan fingerprint density at radius 2 is 0.880 bits per heavy atom. The maximum absolute atomic E-state index is 4.11. The summed E-state index contributed by atoms with van der Waals surface area (Å²) in [5, 5.41) is 2.78. The van der Waals surface area contributed by atoms with Crippen LogP contribution in [0.1, 0.15) is 178 Å². The molecule has 0 fully saturated rings. The van der Waals surface area contributed by atoms with Gasteiger partial charge in [0.2, 0.25) is 0 Å². The van der Waals surface area contributed by atoms with E-state index in [1.165, 1.54) is 165 Å². The molecule has 0 unspecified atom stereocenters. The lowest BCUT2D eigenvalue weighted by atomic mass is 9.68. The highest BCUT2D eigenvalue weighted by Gasteiger charge is 2.48. The summed E-state index contributed by atoms with van der Waals surface area (Å²) in [4.78, 5) is 0. The molecule has 0 saturated carbocycles. The molecule has 0 bridgehead atoms.